The van der Waals surface area contributed by atoms with E-state index in [1.807, 2.05) is 0 Å². The summed E-state index contributed by atoms with van der Waals surface area (Å²) in [5, 5.41) is 9.11. The smallest absolute Gasteiger partial charge is 0.343 e. The lowest BCUT2D eigenvalue weighted by Gasteiger charge is -2.04. The molecule has 0 atom stereocenters. The molecule has 0 fully saturated rings. The number of aromatic amines is 1. The van der Waals surface area contributed by atoms with Gasteiger partial charge in [0.25, 0.3) is 0 Å². The summed E-state index contributed by atoms with van der Waals surface area (Å²) in [7, 11) is 1.61. The number of thiocarbonyl (C=S) groups is 1. The lowest BCUT2D eigenvalue weighted by Crippen LogP contribution is -2.39. The van der Waals surface area contributed by atoms with Crippen molar-refractivity contribution >= 4 is 17.3 Å². The van der Waals surface area contributed by atoms with Crippen LogP contribution in [0.15, 0.2) is 4.79 Å². The van der Waals surface area contributed by atoms with Crippen molar-refractivity contribution < 1.29 is 0 Å². The highest BCUT2D eigenvalue weighted by Gasteiger charge is 2.03. The summed E-state index contributed by atoms with van der Waals surface area (Å²) in [5.41, 5.74) is 2.00. The second-order valence-electron chi connectivity index (χ2n) is 2.33. The number of aromatic nitrogens is 3. The lowest BCUT2D eigenvalue weighted by molar-refractivity contribution is 0.729. The first-order chi connectivity index (χ1) is 6.15. The first kappa shape index (κ1) is 9.68. The number of nitrogens with zero attached hydrogens (tertiary/aromatic N) is 2. The summed E-state index contributed by atoms with van der Waals surface area (Å²) >= 11 is 4.73. The van der Waals surface area contributed by atoms with E-state index < -0.39 is 0 Å². The third-order valence-corrected chi connectivity index (χ3v) is 1.77. The molecule has 7 nitrogen and oxygen atoms in total. The minimum Gasteiger partial charge on any atom is -0.354 e. The Bertz CT molecular complexity index is 354. The van der Waals surface area contributed by atoms with Gasteiger partial charge in [-0.3, -0.25) is 4.57 Å². The Kier molecular flexibility index (Phi) is 2.98. The van der Waals surface area contributed by atoms with Crippen LogP contribution in [0.25, 0.3) is 0 Å². The maximum absolute atomic E-state index is 10.9. The summed E-state index contributed by atoms with van der Waals surface area (Å²) in [6, 6.07) is 0. The van der Waals surface area contributed by atoms with Crippen LogP contribution in [0.3, 0.4) is 0 Å². The van der Waals surface area contributed by atoms with Crippen LogP contribution in [0.2, 0.25) is 0 Å². The van der Waals surface area contributed by atoms with E-state index in [-0.39, 0.29) is 5.69 Å². The number of hydrogen-bond donors (Lipinski definition) is 4. The van der Waals surface area contributed by atoms with Gasteiger partial charge in [-0.15, -0.1) is 0 Å². The summed E-state index contributed by atoms with van der Waals surface area (Å²) in [6.07, 6.45) is 0. The summed E-state index contributed by atoms with van der Waals surface area (Å²) in [4.78, 5) is 10.9. The number of nitrogens with one attached hydrogen (secondary N) is 3. The highest BCUT2D eigenvalue weighted by atomic mass is 32.1. The second-order valence-corrected chi connectivity index (χ2v) is 2.74. The fourth-order valence-corrected chi connectivity index (χ4v) is 0.820. The first-order valence-corrected chi connectivity index (χ1v) is 3.90. The van der Waals surface area contributed by atoms with Crippen molar-refractivity contribution in [1.29, 1.82) is 0 Å². The van der Waals surface area contributed by atoms with Gasteiger partial charge < -0.3 is 10.7 Å². The van der Waals surface area contributed by atoms with Crippen molar-refractivity contribution in [3.63, 3.8) is 0 Å². The van der Waals surface area contributed by atoms with E-state index in [9.17, 15) is 4.79 Å². The Morgan fingerprint density at radius 1 is 1.85 bits per heavy atom. The van der Waals surface area contributed by atoms with Crippen LogP contribution < -0.4 is 22.3 Å². The standard InChI is InChI=1S/C5H10N6OS/c1-11-3(9-10-5(11)12)2-7-4(13)8-6/h2,6H2,1H3,(H,10,12)(H2,7,8,13). The first-order valence-electron chi connectivity index (χ1n) is 3.50. The number of rotatable bonds is 2. The SMILES string of the molecule is Cn1c(CNC(=S)NN)n[nH]c1=O. The third kappa shape index (κ3) is 2.26. The van der Waals surface area contributed by atoms with E-state index in [0.717, 1.165) is 0 Å². The zero-order chi connectivity index (χ0) is 9.84. The predicted octanol–water partition coefficient (Wildman–Crippen LogP) is -2.05. The van der Waals surface area contributed by atoms with Crippen LogP contribution in [-0.4, -0.2) is 19.9 Å². The molecular weight excluding hydrogens is 192 g/mol. The van der Waals surface area contributed by atoms with Crippen molar-refractivity contribution in [2.75, 3.05) is 0 Å². The molecule has 5 N–H and O–H groups in total. The molecule has 0 aliphatic carbocycles. The van der Waals surface area contributed by atoms with Gasteiger partial charge in [-0.25, -0.2) is 15.7 Å². The number of nitrogens with two attached hydrogens (primary N) is 1. The molecule has 0 saturated carbocycles. The summed E-state index contributed by atoms with van der Waals surface area (Å²) < 4.78 is 1.38. The molecule has 13 heavy (non-hydrogen) atoms. The maximum atomic E-state index is 10.9. The highest BCUT2D eigenvalue weighted by molar-refractivity contribution is 7.80. The van der Waals surface area contributed by atoms with Crippen molar-refractivity contribution in [2.45, 2.75) is 6.54 Å². The van der Waals surface area contributed by atoms with Gasteiger partial charge in [0.05, 0.1) is 6.54 Å². The Hall–Kier alpha value is -1.41. The maximum Gasteiger partial charge on any atom is 0.343 e. The van der Waals surface area contributed by atoms with Gasteiger partial charge in [0.2, 0.25) is 0 Å². The van der Waals surface area contributed by atoms with Crippen molar-refractivity contribution in [1.82, 2.24) is 25.5 Å². The molecule has 8 heteroatoms. The Balaban J connectivity index is 2.60. The zero-order valence-electron chi connectivity index (χ0n) is 7.00. The fraction of sp³-hybridized carbons (Fsp3) is 0.400. The van der Waals surface area contributed by atoms with E-state index in [1.165, 1.54) is 4.57 Å². The number of H-pyrrole nitrogens is 1. The van der Waals surface area contributed by atoms with E-state index in [1.54, 1.807) is 7.05 Å². The Labute approximate surface area is 79.3 Å². The van der Waals surface area contributed by atoms with Gasteiger partial charge in [-0.1, -0.05) is 0 Å². The van der Waals surface area contributed by atoms with Crippen molar-refractivity contribution in [3.05, 3.63) is 16.3 Å². The van der Waals surface area contributed by atoms with Crippen LogP contribution in [0, 0.1) is 0 Å². The van der Waals surface area contributed by atoms with E-state index in [4.69, 9.17) is 18.1 Å². The van der Waals surface area contributed by atoms with Gasteiger partial charge in [0.1, 0.15) is 0 Å². The molecule has 0 aliphatic rings. The summed E-state index contributed by atoms with van der Waals surface area (Å²) in [5.74, 6) is 5.59. The molecule has 1 aromatic heterocycles. The summed E-state index contributed by atoms with van der Waals surface area (Å²) in [6.45, 7) is 0.346. The van der Waals surface area contributed by atoms with Crippen LogP contribution in [0.4, 0.5) is 0 Å². The van der Waals surface area contributed by atoms with Gasteiger partial charge in [-0.05, 0) is 12.2 Å². The Morgan fingerprint density at radius 2 is 2.54 bits per heavy atom. The fourth-order valence-electron chi connectivity index (χ4n) is 0.748. The third-order valence-electron chi connectivity index (χ3n) is 1.51. The molecule has 0 radical (unpaired) electrons. The monoisotopic (exact) mass is 202 g/mol. The molecule has 0 aromatic carbocycles. The van der Waals surface area contributed by atoms with Crippen molar-refractivity contribution in [2.24, 2.45) is 12.9 Å². The van der Waals surface area contributed by atoms with Crippen molar-refractivity contribution in [3.8, 4) is 0 Å². The van der Waals surface area contributed by atoms with Gasteiger partial charge in [0.15, 0.2) is 10.9 Å². The molecule has 0 saturated heterocycles. The normalized spacial score (nSPS) is 9.69. The molecule has 0 aliphatic heterocycles. The number of hydrogen-bond acceptors (Lipinski definition) is 4. The van der Waals surface area contributed by atoms with Crippen LogP contribution in [0.1, 0.15) is 5.82 Å². The second kappa shape index (κ2) is 4.01. The Morgan fingerprint density at radius 3 is 3.00 bits per heavy atom. The quantitative estimate of drug-likeness (QED) is 0.250. The van der Waals surface area contributed by atoms with Crippen LogP contribution in [-0.2, 0) is 13.6 Å². The van der Waals surface area contributed by atoms with E-state index in [0.29, 0.717) is 17.5 Å². The van der Waals surface area contributed by atoms with Gasteiger partial charge in [-0.2, -0.15) is 5.10 Å². The molecular formula is C5H10N6OS. The van der Waals surface area contributed by atoms with E-state index >= 15 is 0 Å². The van der Waals surface area contributed by atoms with Crippen LogP contribution in [0.5, 0.6) is 0 Å². The average Bonchev–Trinajstić information content (AvgIpc) is 2.44. The molecule has 0 amide bonds. The lowest BCUT2D eigenvalue weighted by atomic mass is 10.6. The molecule has 1 aromatic rings. The van der Waals surface area contributed by atoms with Crippen LogP contribution >= 0.6 is 12.2 Å². The molecule has 72 valence electrons. The zero-order valence-corrected chi connectivity index (χ0v) is 7.81. The molecule has 0 unspecified atom stereocenters. The van der Waals surface area contributed by atoms with Gasteiger partial charge in [0, 0.05) is 7.05 Å². The molecule has 0 bridgehead atoms. The minimum atomic E-state index is -0.261. The number of hydrazine groups is 1. The largest absolute Gasteiger partial charge is 0.354 e. The average molecular weight is 202 g/mol. The topological polar surface area (TPSA) is 101 Å². The predicted molar refractivity (Wildman–Crippen MR) is 50.6 cm³/mol. The van der Waals surface area contributed by atoms with Gasteiger partial charge >= 0.3 is 5.69 Å². The molecule has 1 rings (SSSR count). The van der Waals surface area contributed by atoms with E-state index in [2.05, 4.69) is 20.9 Å². The minimum absolute atomic E-state index is 0.261. The highest BCUT2D eigenvalue weighted by Crippen LogP contribution is 1.84. The molecule has 0 spiro atoms. The molecule has 1 heterocycles.